The average Bonchev–Trinajstić information content (AvgIpc) is 2.66. The molecule has 8 heteroatoms. The van der Waals surface area contributed by atoms with Crippen molar-refractivity contribution >= 4 is 12.0 Å². The molecule has 1 fully saturated rings. The Bertz CT molecular complexity index is 758. The number of aliphatic hydroxyl groups excluding tert-OH is 1. The lowest BCUT2D eigenvalue weighted by Gasteiger charge is -2.42. The molecule has 0 saturated carbocycles. The number of piperazine rings is 1. The van der Waals surface area contributed by atoms with Gasteiger partial charge in [-0.3, -0.25) is 9.69 Å². The summed E-state index contributed by atoms with van der Waals surface area (Å²) < 4.78 is 5.49. The number of β-amino-alcohol motifs (C(OH)–C–C–N with tert-alkyl or cyclic N) is 1. The summed E-state index contributed by atoms with van der Waals surface area (Å²) in [7, 11) is 0. The van der Waals surface area contributed by atoms with Crippen molar-refractivity contribution in [2.45, 2.75) is 77.3 Å². The van der Waals surface area contributed by atoms with Crippen LogP contribution in [0.4, 0.5) is 4.79 Å². The third-order valence-corrected chi connectivity index (χ3v) is 5.17. The molecule has 2 amide bonds. The monoisotopic (exact) mass is 448 g/mol. The molecule has 8 nitrogen and oxygen atoms in total. The van der Waals surface area contributed by atoms with E-state index in [0.29, 0.717) is 19.5 Å². The molecule has 3 atom stereocenters. The Morgan fingerprint density at radius 2 is 1.78 bits per heavy atom. The lowest BCUT2D eigenvalue weighted by molar-refractivity contribution is -0.131. The first-order chi connectivity index (χ1) is 14.7. The van der Waals surface area contributed by atoms with E-state index in [4.69, 9.17) is 10.5 Å². The van der Waals surface area contributed by atoms with Crippen LogP contribution in [0.3, 0.4) is 0 Å². The first kappa shape index (κ1) is 26.1. The van der Waals surface area contributed by atoms with Crippen LogP contribution >= 0.6 is 0 Å². The minimum absolute atomic E-state index is 0.186. The predicted molar refractivity (Wildman–Crippen MR) is 125 cm³/mol. The molecule has 180 valence electrons. The summed E-state index contributed by atoms with van der Waals surface area (Å²) in [6.07, 6.45) is -0.709. The van der Waals surface area contributed by atoms with Crippen LogP contribution in [0, 0.1) is 0 Å². The Morgan fingerprint density at radius 3 is 2.34 bits per heavy atom. The van der Waals surface area contributed by atoms with Crippen molar-refractivity contribution in [1.82, 2.24) is 15.1 Å². The van der Waals surface area contributed by atoms with Gasteiger partial charge in [0.15, 0.2) is 0 Å². The van der Waals surface area contributed by atoms with Gasteiger partial charge in [0.1, 0.15) is 11.6 Å². The molecule has 0 radical (unpaired) electrons. The van der Waals surface area contributed by atoms with Crippen LogP contribution in [0.25, 0.3) is 0 Å². The van der Waals surface area contributed by atoms with Gasteiger partial charge in [-0.15, -0.1) is 0 Å². The molecule has 0 unspecified atom stereocenters. The van der Waals surface area contributed by atoms with Crippen LogP contribution < -0.4 is 11.1 Å². The largest absolute Gasteiger partial charge is 0.444 e. The van der Waals surface area contributed by atoms with E-state index < -0.39 is 35.4 Å². The number of hydrogen-bond acceptors (Lipinski definition) is 6. The Hall–Kier alpha value is -2.16. The number of ether oxygens (including phenoxy) is 1. The second kappa shape index (κ2) is 10.6. The average molecular weight is 449 g/mol. The fourth-order valence-electron chi connectivity index (χ4n) is 3.63. The van der Waals surface area contributed by atoms with E-state index in [1.165, 1.54) is 0 Å². The molecule has 0 aromatic heterocycles. The summed E-state index contributed by atoms with van der Waals surface area (Å²) in [4.78, 5) is 29.1. The van der Waals surface area contributed by atoms with Crippen LogP contribution in [0.15, 0.2) is 30.3 Å². The van der Waals surface area contributed by atoms with E-state index >= 15 is 0 Å². The number of nitrogens with two attached hydrogens (primary N) is 1. The third kappa shape index (κ3) is 8.41. The van der Waals surface area contributed by atoms with Gasteiger partial charge in [-0.25, -0.2) is 4.79 Å². The summed E-state index contributed by atoms with van der Waals surface area (Å²) in [5, 5.41) is 13.8. The fraction of sp³-hybridized carbons (Fsp3) is 0.667. The summed E-state index contributed by atoms with van der Waals surface area (Å²) in [5.74, 6) is -0.186. The highest BCUT2D eigenvalue weighted by Crippen LogP contribution is 2.17. The van der Waals surface area contributed by atoms with Gasteiger partial charge in [-0.2, -0.15) is 0 Å². The molecule has 1 aromatic rings. The normalized spacial score (nSPS) is 19.9. The zero-order valence-electron chi connectivity index (χ0n) is 20.3. The third-order valence-electron chi connectivity index (χ3n) is 5.17. The second-order valence-corrected chi connectivity index (χ2v) is 10.6. The number of hydrogen-bond donors (Lipinski definition) is 3. The molecule has 0 spiro atoms. The lowest BCUT2D eigenvalue weighted by atomic mass is 10.0. The fourth-order valence-corrected chi connectivity index (χ4v) is 3.63. The predicted octanol–water partition coefficient (Wildman–Crippen LogP) is 1.75. The van der Waals surface area contributed by atoms with E-state index in [1.807, 2.05) is 76.8 Å². The topological polar surface area (TPSA) is 108 Å². The number of nitrogens with zero attached hydrogens (tertiary/aromatic N) is 2. The molecular weight excluding hydrogens is 408 g/mol. The van der Waals surface area contributed by atoms with Crippen LogP contribution in [0.2, 0.25) is 0 Å². The smallest absolute Gasteiger partial charge is 0.410 e. The van der Waals surface area contributed by atoms with Crippen molar-refractivity contribution < 1.29 is 19.4 Å². The standard InChI is InChI=1S/C24H40N4O4/c1-23(2,3)26-21(30)19-15-28(22(31)32-24(4,5)6)13-12-27(19)16-20(29)18(25)14-17-10-8-7-9-11-17/h7-11,18-20,29H,12-16,25H2,1-6H3,(H,26,30)/t18-,19-,20+/m0/s1. The first-order valence-electron chi connectivity index (χ1n) is 11.3. The van der Waals surface area contributed by atoms with Crippen LogP contribution in [-0.2, 0) is 16.0 Å². The van der Waals surface area contributed by atoms with E-state index in [0.717, 1.165) is 5.56 Å². The molecule has 1 heterocycles. The maximum Gasteiger partial charge on any atom is 0.410 e. The summed E-state index contributed by atoms with van der Waals surface area (Å²) in [5.41, 5.74) is 6.29. The number of carbonyl (C=O) groups is 2. The van der Waals surface area contributed by atoms with Crippen LogP contribution in [-0.4, -0.2) is 82.4 Å². The van der Waals surface area contributed by atoms with Crippen LogP contribution in [0.5, 0.6) is 0 Å². The Kier molecular flexibility index (Phi) is 8.67. The van der Waals surface area contributed by atoms with Gasteiger partial charge < -0.3 is 25.8 Å². The highest BCUT2D eigenvalue weighted by molar-refractivity contribution is 5.83. The van der Waals surface area contributed by atoms with Gasteiger partial charge in [0, 0.05) is 37.8 Å². The summed E-state index contributed by atoms with van der Waals surface area (Å²) in [6, 6.07) is 8.71. The highest BCUT2D eigenvalue weighted by atomic mass is 16.6. The van der Waals surface area contributed by atoms with Gasteiger partial charge in [-0.05, 0) is 53.5 Å². The molecular formula is C24H40N4O4. The van der Waals surface area contributed by atoms with E-state index in [1.54, 1.807) is 4.90 Å². The highest BCUT2D eigenvalue weighted by Gasteiger charge is 2.38. The summed E-state index contributed by atoms with van der Waals surface area (Å²) in [6.45, 7) is 12.5. The van der Waals surface area contributed by atoms with Gasteiger partial charge >= 0.3 is 6.09 Å². The Labute approximate surface area is 192 Å². The Balaban J connectivity index is 2.09. The van der Waals surface area contributed by atoms with Crippen molar-refractivity contribution in [1.29, 1.82) is 0 Å². The zero-order valence-corrected chi connectivity index (χ0v) is 20.3. The lowest BCUT2D eigenvalue weighted by Crippen LogP contribution is -2.63. The number of nitrogens with one attached hydrogen (secondary N) is 1. The molecule has 0 bridgehead atoms. The molecule has 1 aliphatic heterocycles. The van der Waals surface area contributed by atoms with Crippen molar-refractivity contribution in [2.24, 2.45) is 5.73 Å². The van der Waals surface area contributed by atoms with Crippen molar-refractivity contribution in [3.05, 3.63) is 35.9 Å². The maximum absolute atomic E-state index is 13.1. The minimum atomic E-state index is -0.812. The van der Waals surface area contributed by atoms with Gasteiger partial charge in [0.05, 0.1) is 6.10 Å². The number of benzene rings is 1. The molecule has 1 aromatic carbocycles. The van der Waals surface area contributed by atoms with E-state index in [9.17, 15) is 14.7 Å². The van der Waals surface area contributed by atoms with Crippen LogP contribution in [0.1, 0.15) is 47.1 Å². The first-order valence-corrected chi connectivity index (χ1v) is 11.3. The van der Waals surface area contributed by atoms with Gasteiger partial charge in [0.25, 0.3) is 0 Å². The van der Waals surface area contributed by atoms with Gasteiger partial charge in [0.2, 0.25) is 5.91 Å². The minimum Gasteiger partial charge on any atom is -0.444 e. The van der Waals surface area contributed by atoms with E-state index in [2.05, 4.69) is 5.32 Å². The zero-order chi connectivity index (χ0) is 24.1. The molecule has 1 saturated heterocycles. The SMILES string of the molecule is CC(C)(C)NC(=O)[C@@H]1CN(C(=O)OC(C)(C)C)CCN1C[C@@H](O)[C@@H](N)Cc1ccccc1. The number of aliphatic hydroxyl groups is 1. The molecule has 0 aliphatic carbocycles. The molecule has 4 N–H and O–H groups in total. The van der Waals surface area contributed by atoms with Crippen molar-refractivity contribution in [3.63, 3.8) is 0 Å². The molecule has 32 heavy (non-hydrogen) atoms. The second-order valence-electron chi connectivity index (χ2n) is 10.6. The number of amides is 2. The Morgan fingerprint density at radius 1 is 1.16 bits per heavy atom. The van der Waals surface area contributed by atoms with Crippen molar-refractivity contribution in [3.8, 4) is 0 Å². The summed E-state index contributed by atoms with van der Waals surface area (Å²) >= 11 is 0. The molecule has 1 aliphatic rings. The van der Waals surface area contributed by atoms with Gasteiger partial charge in [-0.1, -0.05) is 30.3 Å². The number of carbonyl (C=O) groups excluding carboxylic acids is 2. The quantitative estimate of drug-likeness (QED) is 0.612. The number of rotatable bonds is 6. The maximum atomic E-state index is 13.1. The molecule has 2 rings (SSSR count). The van der Waals surface area contributed by atoms with E-state index in [-0.39, 0.29) is 19.0 Å². The van der Waals surface area contributed by atoms with Crippen molar-refractivity contribution in [2.75, 3.05) is 26.2 Å².